The van der Waals surface area contributed by atoms with Gasteiger partial charge in [-0.1, -0.05) is 0 Å². The molecule has 0 amide bonds. The van der Waals surface area contributed by atoms with Crippen molar-refractivity contribution in [1.29, 1.82) is 0 Å². The molecule has 0 bridgehead atoms. The van der Waals surface area contributed by atoms with Gasteiger partial charge in [-0.15, -0.1) is 0 Å². The Hall–Kier alpha value is -1.36. The first-order valence-electron chi connectivity index (χ1n) is 6.75. The zero-order valence-corrected chi connectivity index (χ0v) is 11.1. The predicted octanol–water partition coefficient (Wildman–Crippen LogP) is 1.19. The van der Waals surface area contributed by atoms with Crippen molar-refractivity contribution in [2.75, 3.05) is 37.4 Å². The highest BCUT2D eigenvalue weighted by Crippen LogP contribution is 2.29. The number of nitrogens with one attached hydrogen (secondary N) is 1. The van der Waals surface area contributed by atoms with Gasteiger partial charge >= 0.3 is 0 Å². The van der Waals surface area contributed by atoms with E-state index in [0.29, 0.717) is 12.1 Å². The van der Waals surface area contributed by atoms with Crippen LogP contribution in [0.5, 0.6) is 0 Å². The summed E-state index contributed by atoms with van der Waals surface area (Å²) < 4.78 is 0. The molecule has 2 aliphatic rings. The Labute approximate surface area is 108 Å². The summed E-state index contributed by atoms with van der Waals surface area (Å²) in [6, 6.07) is 3.23. The van der Waals surface area contributed by atoms with Gasteiger partial charge < -0.3 is 10.2 Å². The average Bonchev–Trinajstić information content (AvgIpc) is 2.94. The lowest BCUT2D eigenvalue weighted by molar-refractivity contribution is 0.318. The Morgan fingerprint density at radius 1 is 1.33 bits per heavy atom. The van der Waals surface area contributed by atoms with Gasteiger partial charge in [0.2, 0.25) is 5.95 Å². The molecule has 0 saturated carbocycles. The first-order valence-corrected chi connectivity index (χ1v) is 6.75. The normalized spacial score (nSPS) is 27.2. The van der Waals surface area contributed by atoms with E-state index in [-0.39, 0.29) is 0 Å². The maximum Gasteiger partial charge on any atom is 0.226 e. The molecule has 0 aliphatic carbocycles. The fourth-order valence-electron chi connectivity index (χ4n) is 3.09. The number of hydrogen-bond acceptors (Lipinski definition) is 5. The summed E-state index contributed by atoms with van der Waals surface area (Å²) in [5.74, 6) is 1.72. The van der Waals surface area contributed by atoms with Crippen LogP contribution in [0.1, 0.15) is 19.3 Å². The average molecular weight is 247 g/mol. The molecule has 2 fully saturated rings. The van der Waals surface area contributed by atoms with Gasteiger partial charge in [-0.05, 0) is 31.9 Å². The molecule has 3 rings (SSSR count). The molecule has 0 aromatic carbocycles. The highest BCUT2D eigenvalue weighted by molar-refractivity contribution is 5.41. The lowest BCUT2D eigenvalue weighted by Crippen LogP contribution is -2.34. The smallest absolute Gasteiger partial charge is 0.226 e. The van der Waals surface area contributed by atoms with Gasteiger partial charge in [0.1, 0.15) is 5.82 Å². The van der Waals surface area contributed by atoms with Crippen LogP contribution in [0.15, 0.2) is 12.3 Å². The SMILES string of the molecule is CN(C)c1nccc(NC2CCN3CCCC23)n1. The summed E-state index contributed by atoms with van der Waals surface area (Å²) in [5.41, 5.74) is 0. The van der Waals surface area contributed by atoms with Gasteiger partial charge in [-0.2, -0.15) is 4.98 Å². The second-order valence-corrected chi connectivity index (χ2v) is 5.42. The summed E-state index contributed by atoms with van der Waals surface area (Å²) in [7, 11) is 3.93. The Kier molecular flexibility index (Phi) is 3.07. The van der Waals surface area contributed by atoms with Crippen LogP contribution in [0.2, 0.25) is 0 Å². The Morgan fingerprint density at radius 2 is 2.22 bits per heavy atom. The van der Waals surface area contributed by atoms with Gasteiger partial charge in [0, 0.05) is 38.9 Å². The molecular weight excluding hydrogens is 226 g/mol. The molecule has 2 aliphatic heterocycles. The molecule has 5 nitrogen and oxygen atoms in total. The van der Waals surface area contributed by atoms with E-state index in [1.807, 2.05) is 31.3 Å². The van der Waals surface area contributed by atoms with Gasteiger partial charge in [0.15, 0.2) is 0 Å². The van der Waals surface area contributed by atoms with Crippen molar-refractivity contribution in [2.24, 2.45) is 0 Å². The maximum absolute atomic E-state index is 4.54. The van der Waals surface area contributed by atoms with E-state index >= 15 is 0 Å². The van der Waals surface area contributed by atoms with Crippen molar-refractivity contribution < 1.29 is 0 Å². The summed E-state index contributed by atoms with van der Waals surface area (Å²) in [6.45, 7) is 2.50. The quantitative estimate of drug-likeness (QED) is 0.869. The van der Waals surface area contributed by atoms with E-state index in [1.165, 1.54) is 32.4 Å². The third-order valence-electron chi connectivity index (χ3n) is 3.98. The molecule has 1 aromatic rings. The minimum Gasteiger partial charge on any atom is -0.366 e. The van der Waals surface area contributed by atoms with Crippen molar-refractivity contribution in [3.05, 3.63) is 12.3 Å². The number of rotatable bonds is 3. The van der Waals surface area contributed by atoms with Crippen LogP contribution < -0.4 is 10.2 Å². The second kappa shape index (κ2) is 4.72. The number of anilines is 2. The van der Waals surface area contributed by atoms with E-state index < -0.39 is 0 Å². The standard InChI is InChI=1S/C13H21N5/c1-17(2)13-14-7-5-12(16-13)15-10-6-9-18-8-3-4-11(10)18/h5,7,10-11H,3-4,6,8-9H2,1-2H3,(H,14,15,16). The van der Waals surface area contributed by atoms with Crippen molar-refractivity contribution in [1.82, 2.24) is 14.9 Å². The molecule has 98 valence electrons. The van der Waals surface area contributed by atoms with E-state index in [1.54, 1.807) is 0 Å². The molecule has 3 heterocycles. The Balaban J connectivity index is 1.71. The lowest BCUT2D eigenvalue weighted by Gasteiger charge is -2.22. The summed E-state index contributed by atoms with van der Waals surface area (Å²) in [4.78, 5) is 13.3. The molecule has 2 saturated heterocycles. The first kappa shape index (κ1) is 11.7. The lowest BCUT2D eigenvalue weighted by atomic mass is 10.1. The minimum atomic E-state index is 0.553. The van der Waals surface area contributed by atoms with Crippen molar-refractivity contribution in [3.8, 4) is 0 Å². The van der Waals surface area contributed by atoms with Crippen LogP contribution in [0.3, 0.4) is 0 Å². The van der Waals surface area contributed by atoms with Crippen LogP contribution >= 0.6 is 0 Å². The zero-order chi connectivity index (χ0) is 12.5. The molecule has 18 heavy (non-hydrogen) atoms. The third-order valence-corrected chi connectivity index (χ3v) is 3.98. The number of nitrogens with zero attached hydrogens (tertiary/aromatic N) is 4. The van der Waals surface area contributed by atoms with Crippen molar-refractivity contribution >= 4 is 11.8 Å². The molecule has 0 radical (unpaired) electrons. The fraction of sp³-hybridized carbons (Fsp3) is 0.692. The van der Waals surface area contributed by atoms with Crippen molar-refractivity contribution in [3.63, 3.8) is 0 Å². The number of fused-ring (bicyclic) bond motifs is 1. The number of aromatic nitrogens is 2. The zero-order valence-electron chi connectivity index (χ0n) is 11.1. The Morgan fingerprint density at radius 3 is 3.06 bits per heavy atom. The van der Waals surface area contributed by atoms with E-state index in [2.05, 4.69) is 20.2 Å². The van der Waals surface area contributed by atoms with Gasteiger partial charge in [0.05, 0.1) is 0 Å². The highest BCUT2D eigenvalue weighted by Gasteiger charge is 2.37. The largest absolute Gasteiger partial charge is 0.366 e. The molecular formula is C13H21N5. The van der Waals surface area contributed by atoms with E-state index in [0.717, 1.165) is 11.8 Å². The molecule has 1 N–H and O–H groups in total. The van der Waals surface area contributed by atoms with Gasteiger partial charge in [-0.25, -0.2) is 4.98 Å². The first-order chi connectivity index (χ1) is 8.74. The minimum absolute atomic E-state index is 0.553. The van der Waals surface area contributed by atoms with Gasteiger partial charge in [-0.3, -0.25) is 4.90 Å². The molecule has 2 unspecified atom stereocenters. The molecule has 0 spiro atoms. The molecule has 1 aromatic heterocycles. The topological polar surface area (TPSA) is 44.3 Å². The Bertz CT molecular complexity index is 420. The highest BCUT2D eigenvalue weighted by atomic mass is 15.3. The van der Waals surface area contributed by atoms with Gasteiger partial charge in [0.25, 0.3) is 0 Å². The van der Waals surface area contributed by atoms with Crippen LogP contribution in [-0.2, 0) is 0 Å². The summed E-state index contributed by atoms with van der Waals surface area (Å²) in [6.07, 6.45) is 5.72. The molecule has 2 atom stereocenters. The van der Waals surface area contributed by atoms with E-state index in [4.69, 9.17) is 0 Å². The van der Waals surface area contributed by atoms with Crippen LogP contribution in [0, 0.1) is 0 Å². The monoisotopic (exact) mass is 247 g/mol. The van der Waals surface area contributed by atoms with Crippen LogP contribution in [-0.4, -0.2) is 54.1 Å². The maximum atomic E-state index is 4.54. The number of hydrogen-bond donors (Lipinski definition) is 1. The van der Waals surface area contributed by atoms with Crippen LogP contribution in [0.25, 0.3) is 0 Å². The third kappa shape index (κ3) is 2.14. The summed E-state index contributed by atoms with van der Waals surface area (Å²) in [5, 5.41) is 3.59. The van der Waals surface area contributed by atoms with Crippen molar-refractivity contribution in [2.45, 2.75) is 31.3 Å². The summed E-state index contributed by atoms with van der Waals surface area (Å²) >= 11 is 0. The van der Waals surface area contributed by atoms with E-state index in [9.17, 15) is 0 Å². The predicted molar refractivity (Wildman–Crippen MR) is 73.0 cm³/mol. The molecule has 5 heteroatoms. The fourth-order valence-corrected chi connectivity index (χ4v) is 3.09. The second-order valence-electron chi connectivity index (χ2n) is 5.42. The van der Waals surface area contributed by atoms with Crippen LogP contribution in [0.4, 0.5) is 11.8 Å².